The molecule has 138 valence electrons. The van der Waals surface area contributed by atoms with Gasteiger partial charge in [-0.15, -0.1) is 0 Å². The third-order valence-corrected chi connectivity index (χ3v) is 5.15. The summed E-state index contributed by atoms with van der Waals surface area (Å²) in [6.07, 6.45) is 2.05. The first-order valence-electron chi connectivity index (χ1n) is 8.96. The number of benzene rings is 1. The minimum absolute atomic E-state index is 0.0932. The summed E-state index contributed by atoms with van der Waals surface area (Å²) >= 11 is 0. The molecule has 4 rings (SSSR count). The lowest BCUT2D eigenvalue weighted by Gasteiger charge is -2.36. The van der Waals surface area contributed by atoms with Crippen molar-refractivity contribution < 1.29 is 9.59 Å². The van der Waals surface area contributed by atoms with E-state index in [0.29, 0.717) is 30.3 Å². The van der Waals surface area contributed by atoms with E-state index in [-0.39, 0.29) is 18.0 Å². The summed E-state index contributed by atoms with van der Waals surface area (Å²) in [6.45, 7) is 2.69. The maximum absolute atomic E-state index is 12.8. The van der Waals surface area contributed by atoms with Crippen molar-refractivity contribution in [2.24, 2.45) is 5.92 Å². The van der Waals surface area contributed by atoms with E-state index in [1.165, 1.54) is 0 Å². The van der Waals surface area contributed by atoms with Crippen molar-refractivity contribution in [2.45, 2.75) is 18.9 Å². The molecule has 3 heterocycles. The number of hydrogen-bond donors (Lipinski definition) is 1. The maximum Gasteiger partial charge on any atom is 0.322 e. The van der Waals surface area contributed by atoms with Crippen LogP contribution in [-0.4, -0.2) is 73.0 Å². The second-order valence-corrected chi connectivity index (χ2v) is 7.35. The number of rotatable bonds is 3. The highest BCUT2D eigenvalue weighted by Crippen LogP contribution is 2.28. The molecule has 0 aliphatic carbocycles. The van der Waals surface area contributed by atoms with Gasteiger partial charge in [-0.25, -0.2) is 4.79 Å². The Bertz CT molecular complexity index is 727. The molecule has 2 bridgehead atoms. The normalized spacial score (nSPS) is 22.4. The molecule has 7 nitrogen and oxygen atoms in total. The summed E-state index contributed by atoms with van der Waals surface area (Å²) in [4.78, 5) is 30.5. The largest absolute Gasteiger partial charge is 0.348 e. The van der Waals surface area contributed by atoms with Crippen molar-refractivity contribution in [3.05, 3.63) is 29.8 Å². The van der Waals surface area contributed by atoms with Crippen molar-refractivity contribution in [2.75, 3.05) is 45.6 Å². The van der Waals surface area contributed by atoms with Gasteiger partial charge in [-0.05, 0) is 37.0 Å². The third-order valence-electron chi connectivity index (χ3n) is 5.15. The molecule has 7 heteroatoms. The van der Waals surface area contributed by atoms with E-state index < -0.39 is 0 Å². The number of carbonyl (C=O) groups excluding carboxylic acids is 2. The molecule has 26 heavy (non-hydrogen) atoms. The Morgan fingerprint density at radius 1 is 1.27 bits per heavy atom. The summed E-state index contributed by atoms with van der Waals surface area (Å²) in [7, 11) is 3.54. The van der Waals surface area contributed by atoms with Crippen molar-refractivity contribution in [3.63, 3.8) is 0 Å². The molecule has 0 unspecified atom stereocenters. The van der Waals surface area contributed by atoms with Crippen LogP contribution >= 0.6 is 0 Å². The monoisotopic (exact) mass is 355 g/mol. The first-order valence-corrected chi connectivity index (χ1v) is 8.96. The first-order chi connectivity index (χ1) is 12.5. The van der Waals surface area contributed by atoms with E-state index in [1.54, 1.807) is 43.3 Å². The second kappa shape index (κ2) is 7.75. The standard InChI is InChI=1S/C19H25N5O2/c1-22(2)18(25)13-23-10-15-6-7-17(12-23)24(11-15)19(26)21-16-5-3-4-14(8-16)9-20/h3-5,8,15,17H,6-7,10-13H2,1-2H3,(H,21,26)/t15-,17+/m1/s1. The number of hydrogen-bond acceptors (Lipinski definition) is 4. The van der Waals surface area contributed by atoms with Gasteiger partial charge in [0, 0.05) is 45.5 Å². The fourth-order valence-corrected chi connectivity index (χ4v) is 3.75. The average molecular weight is 355 g/mol. The molecule has 3 saturated heterocycles. The number of likely N-dealkylation sites (N-methyl/N-ethyl adjacent to an activating group) is 1. The predicted octanol–water partition coefficient (Wildman–Crippen LogP) is 1.57. The Balaban J connectivity index is 1.66. The molecular weight excluding hydrogens is 330 g/mol. The van der Waals surface area contributed by atoms with E-state index in [4.69, 9.17) is 5.26 Å². The van der Waals surface area contributed by atoms with Crippen LogP contribution in [0.4, 0.5) is 10.5 Å². The number of piperidine rings is 1. The van der Waals surface area contributed by atoms with E-state index >= 15 is 0 Å². The summed E-state index contributed by atoms with van der Waals surface area (Å²) in [5.41, 5.74) is 1.15. The molecule has 3 aliphatic heterocycles. The molecular formula is C19H25N5O2. The molecule has 3 aliphatic rings. The molecule has 1 aromatic rings. The van der Waals surface area contributed by atoms with E-state index in [1.807, 2.05) is 4.90 Å². The topological polar surface area (TPSA) is 79.7 Å². The van der Waals surface area contributed by atoms with Gasteiger partial charge in [-0.3, -0.25) is 9.69 Å². The summed E-state index contributed by atoms with van der Waals surface area (Å²) < 4.78 is 0. The third kappa shape index (κ3) is 4.14. The molecule has 1 N–H and O–H groups in total. The zero-order chi connectivity index (χ0) is 18.7. The highest BCUT2D eigenvalue weighted by atomic mass is 16.2. The molecule has 2 atom stereocenters. The Kier molecular flexibility index (Phi) is 5.43. The van der Waals surface area contributed by atoms with Gasteiger partial charge in [0.25, 0.3) is 0 Å². The number of carbonyl (C=O) groups is 2. The number of amides is 3. The van der Waals surface area contributed by atoms with Crippen LogP contribution in [0.5, 0.6) is 0 Å². The van der Waals surface area contributed by atoms with Crippen molar-refractivity contribution >= 4 is 17.6 Å². The number of nitrogens with zero attached hydrogens (tertiary/aromatic N) is 4. The van der Waals surface area contributed by atoms with Crippen LogP contribution in [0.2, 0.25) is 0 Å². The van der Waals surface area contributed by atoms with Gasteiger partial charge < -0.3 is 15.1 Å². The van der Waals surface area contributed by atoms with Crippen LogP contribution in [0.1, 0.15) is 18.4 Å². The minimum atomic E-state index is -0.129. The van der Waals surface area contributed by atoms with E-state index in [0.717, 1.165) is 25.9 Å². The smallest absolute Gasteiger partial charge is 0.322 e. The Morgan fingerprint density at radius 3 is 2.81 bits per heavy atom. The highest BCUT2D eigenvalue weighted by Gasteiger charge is 2.37. The first kappa shape index (κ1) is 18.2. The van der Waals surface area contributed by atoms with Crippen LogP contribution in [0.15, 0.2) is 24.3 Å². The minimum Gasteiger partial charge on any atom is -0.348 e. The number of urea groups is 1. The van der Waals surface area contributed by atoms with Crippen LogP contribution < -0.4 is 5.32 Å². The van der Waals surface area contributed by atoms with Gasteiger partial charge in [0.15, 0.2) is 0 Å². The lowest BCUT2D eigenvalue weighted by Crippen LogP contribution is -2.49. The lowest BCUT2D eigenvalue weighted by molar-refractivity contribution is -0.129. The Hall–Kier alpha value is -2.59. The summed E-state index contributed by atoms with van der Waals surface area (Å²) in [5, 5.41) is 11.9. The lowest BCUT2D eigenvalue weighted by atomic mass is 9.95. The fraction of sp³-hybridized carbons (Fsp3) is 0.526. The zero-order valence-corrected chi connectivity index (χ0v) is 15.3. The van der Waals surface area contributed by atoms with Crippen molar-refractivity contribution in [1.82, 2.24) is 14.7 Å². The molecule has 0 radical (unpaired) electrons. The number of fused-ring (bicyclic) bond motifs is 4. The molecule has 1 aromatic carbocycles. The average Bonchev–Trinajstić information content (AvgIpc) is 2.92. The molecule has 3 amide bonds. The number of nitrogens with one attached hydrogen (secondary N) is 1. The predicted molar refractivity (Wildman–Crippen MR) is 98.5 cm³/mol. The number of anilines is 1. The van der Waals surface area contributed by atoms with Crippen LogP contribution in [0, 0.1) is 17.2 Å². The Morgan fingerprint density at radius 2 is 2.08 bits per heavy atom. The van der Waals surface area contributed by atoms with Crippen LogP contribution in [-0.2, 0) is 4.79 Å². The molecule has 3 fully saturated rings. The van der Waals surface area contributed by atoms with Gasteiger partial charge in [-0.1, -0.05) is 6.07 Å². The quantitative estimate of drug-likeness (QED) is 0.893. The van der Waals surface area contributed by atoms with Crippen LogP contribution in [0.3, 0.4) is 0 Å². The van der Waals surface area contributed by atoms with E-state index in [9.17, 15) is 9.59 Å². The van der Waals surface area contributed by atoms with Gasteiger partial charge >= 0.3 is 6.03 Å². The summed E-state index contributed by atoms with van der Waals surface area (Å²) in [6, 6.07) is 9.01. The van der Waals surface area contributed by atoms with E-state index in [2.05, 4.69) is 16.3 Å². The van der Waals surface area contributed by atoms with Gasteiger partial charge in [-0.2, -0.15) is 5.26 Å². The molecule has 0 saturated carbocycles. The van der Waals surface area contributed by atoms with Crippen LogP contribution in [0.25, 0.3) is 0 Å². The SMILES string of the molecule is CN(C)C(=O)CN1C[C@H]2CC[C@@H](C1)N(C(=O)Nc1cccc(C#N)c1)C2. The second-order valence-electron chi connectivity index (χ2n) is 7.35. The van der Waals surface area contributed by atoms with Gasteiger partial charge in [0.1, 0.15) is 0 Å². The Labute approximate surface area is 154 Å². The molecule has 0 spiro atoms. The zero-order valence-electron chi connectivity index (χ0n) is 15.3. The van der Waals surface area contributed by atoms with Gasteiger partial charge in [0.2, 0.25) is 5.91 Å². The summed E-state index contributed by atoms with van der Waals surface area (Å²) in [5.74, 6) is 0.482. The highest BCUT2D eigenvalue weighted by molar-refractivity contribution is 5.90. The van der Waals surface area contributed by atoms with Crippen molar-refractivity contribution in [1.29, 1.82) is 5.26 Å². The maximum atomic E-state index is 12.8. The van der Waals surface area contributed by atoms with Gasteiger partial charge in [0.05, 0.1) is 18.2 Å². The number of nitriles is 1. The fourth-order valence-electron chi connectivity index (χ4n) is 3.75. The molecule has 0 aromatic heterocycles. The van der Waals surface area contributed by atoms with Crippen molar-refractivity contribution in [3.8, 4) is 6.07 Å².